The zero-order valence-corrected chi connectivity index (χ0v) is 14.5. The first-order valence-corrected chi connectivity index (χ1v) is 8.60. The van der Waals surface area contributed by atoms with Crippen LogP contribution in [0.5, 0.6) is 0 Å². The molecule has 1 heterocycles. The van der Waals surface area contributed by atoms with Crippen molar-refractivity contribution < 1.29 is 9.53 Å². The second-order valence-corrected chi connectivity index (χ2v) is 6.19. The number of nitrogens with one attached hydrogen (secondary N) is 1. The molecule has 1 N–H and O–H groups in total. The van der Waals surface area contributed by atoms with Gasteiger partial charge in [0.1, 0.15) is 6.04 Å². The van der Waals surface area contributed by atoms with Crippen LogP contribution in [0, 0.1) is 0 Å². The minimum Gasteiger partial charge on any atom is -0.463 e. The summed E-state index contributed by atoms with van der Waals surface area (Å²) in [6, 6.07) is 7.50. The first kappa shape index (κ1) is 16.1. The van der Waals surface area contributed by atoms with Crippen LogP contribution < -0.4 is 5.32 Å². The van der Waals surface area contributed by atoms with Crippen molar-refractivity contribution in [3.05, 3.63) is 45.6 Å². The van der Waals surface area contributed by atoms with E-state index < -0.39 is 0 Å². The van der Waals surface area contributed by atoms with Crippen molar-refractivity contribution in [2.45, 2.75) is 19.9 Å². The lowest BCUT2D eigenvalue weighted by molar-refractivity contribution is -0.138. The third-order valence-corrected chi connectivity index (χ3v) is 4.22. The lowest BCUT2D eigenvalue weighted by atomic mass is 9.97. The number of thioether (sulfide) groups is 1. The monoisotopic (exact) mass is 368 g/mol. The first-order valence-electron chi connectivity index (χ1n) is 6.59. The number of allylic oxidation sites excluding steroid dienone is 1. The number of halogens is 1. The van der Waals surface area contributed by atoms with Crippen molar-refractivity contribution in [2.75, 3.05) is 12.9 Å². The zero-order valence-electron chi connectivity index (χ0n) is 12.1. The highest BCUT2D eigenvalue weighted by Gasteiger charge is 2.29. The molecule has 0 bridgehead atoms. The van der Waals surface area contributed by atoms with Gasteiger partial charge in [0.15, 0.2) is 5.17 Å². The molecule has 0 fully saturated rings. The average Bonchev–Trinajstić information content (AvgIpc) is 2.47. The summed E-state index contributed by atoms with van der Waals surface area (Å²) in [6.07, 6.45) is 1.95. The number of amidine groups is 1. The molecule has 0 spiro atoms. The maximum absolute atomic E-state index is 12.2. The van der Waals surface area contributed by atoms with E-state index in [1.807, 2.05) is 37.4 Å². The Bertz CT molecular complexity index is 596. The molecule has 2 rings (SSSR count). The SMILES string of the molecule is CCOC(=O)C1=C(C)NC(SC)=N[C@@H]1c1ccc(Br)cc1. The zero-order chi connectivity index (χ0) is 15.4. The van der Waals surface area contributed by atoms with E-state index in [1.54, 1.807) is 6.92 Å². The quantitative estimate of drug-likeness (QED) is 0.827. The number of aliphatic imine (C=N–C) groups is 1. The Morgan fingerprint density at radius 2 is 2.10 bits per heavy atom. The number of esters is 1. The molecule has 0 saturated heterocycles. The van der Waals surface area contributed by atoms with Crippen LogP contribution in [-0.4, -0.2) is 24.0 Å². The van der Waals surface area contributed by atoms with Crippen molar-refractivity contribution in [2.24, 2.45) is 4.99 Å². The van der Waals surface area contributed by atoms with Gasteiger partial charge in [-0.3, -0.25) is 0 Å². The van der Waals surface area contributed by atoms with Crippen molar-refractivity contribution in [1.29, 1.82) is 0 Å². The lowest BCUT2D eigenvalue weighted by Crippen LogP contribution is -2.30. The van der Waals surface area contributed by atoms with Crippen molar-refractivity contribution in [3.63, 3.8) is 0 Å². The van der Waals surface area contributed by atoms with Crippen LogP contribution in [0.4, 0.5) is 0 Å². The van der Waals surface area contributed by atoms with Gasteiger partial charge in [0.2, 0.25) is 0 Å². The molecular formula is C15H17BrN2O2S. The summed E-state index contributed by atoms with van der Waals surface area (Å²) in [4.78, 5) is 16.9. The van der Waals surface area contributed by atoms with E-state index in [9.17, 15) is 4.79 Å². The van der Waals surface area contributed by atoms with Gasteiger partial charge in [-0.1, -0.05) is 39.8 Å². The summed E-state index contributed by atoms with van der Waals surface area (Å²) < 4.78 is 6.17. The molecule has 4 nitrogen and oxygen atoms in total. The van der Waals surface area contributed by atoms with E-state index in [0.717, 1.165) is 20.9 Å². The highest BCUT2D eigenvalue weighted by atomic mass is 79.9. The van der Waals surface area contributed by atoms with E-state index in [1.165, 1.54) is 11.8 Å². The number of hydrogen-bond donors (Lipinski definition) is 1. The fourth-order valence-corrected chi connectivity index (χ4v) is 2.84. The molecule has 112 valence electrons. The lowest BCUT2D eigenvalue weighted by Gasteiger charge is -2.25. The molecule has 1 aromatic rings. The Balaban J connectivity index is 2.44. The van der Waals surface area contributed by atoms with E-state index in [2.05, 4.69) is 26.2 Å². The number of rotatable bonds is 3. The van der Waals surface area contributed by atoms with Gasteiger partial charge in [0.05, 0.1) is 12.2 Å². The fraction of sp³-hybridized carbons (Fsp3) is 0.333. The summed E-state index contributed by atoms with van der Waals surface area (Å²) in [5, 5.41) is 3.95. The van der Waals surface area contributed by atoms with Crippen LogP contribution in [0.3, 0.4) is 0 Å². The molecule has 21 heavy (non-hydrogen) atoms. The van der Waals surface area contributed by atoms with E-state index in [0.29, 0.717) is 12.2 Å². The Labute approximate surface area is 137 Å². The van der Waals surface area contributed by atoms with E-state index in [4.69, 9.17) is 4.74 Å². The Kier molecular flexibility index (Phi) is 5.47. The Morgan fingerprint density at radius 3 is 2.67 bits per heavy atom. The summed E-state index contributed by atoms with van der Waals surface area (Å²) >= 11 is 4.94. The molecule has 0 unspecified atom stereocenters. The largest absolute Gasteiger partial charge is 0.463 e. The third kappa shape index (κ3) is 3.68. The van der Waals surface area contributed by atoms with Gasteiger partial charge in [0.25, 0.3) is 0 Å². The van der Waals surface area contributed by atoms with Gasteiger partial charge in [-0.2, -0.15) is 0 Å². The molecule has 1 aliphatic rings. The van der Waals surface area contributed by atoms with Crippen LogP contribution in [0.15, 0.2) is 45.0 Å². The van der Waals surface area contributed by atoms with E-state index in [-0.39, 0.29) is 12.0 Å². The van der Waals surface area contributed by atoms with E-state index >= 15 is 0 Å². The number of ether oxygens (including phenoxy) is 1. The van der Waals surface area contributed by atoms with Gasteiger partial charge < -0.3 is 10.1 Å². The summed E-state index contributed by atoms with van der Waals surface area (Å²) in [6.45, 7) is 4.03. The first-order chi connectivity index (χ1) is 10.1. The molecular weight excluding hydrogens is 352 g/mol. The minimum absolute atomic E-state index is 0.320. The van der Waals surface area contributed by atoms with Gasteiger partial charge in [0, 0.05) is 10.2 Å². The van der Waals surface area contributed by atoms with Gasteiger partial charge in [-0.25, -0.2) is 9.79 Å². The molecule has 6 heteroatoms. The maximum Gasteiger partial charge on any atom is 0.338 e. The number of carbonyl (C=O) groups excluding carboxylic acids is 1. The Morgan fingerprint density at radius 1 is 1.43 bits per heavy atom. The predicted octanol–water partition coefficient (Wildman–Crippen LogP) is 3.65. The fourth-order valence-electron chi connectivity index (χ4n) is 2.11. The Hall–Kier alpha value is -1.27. The normalized spacial score (nSPS) is 18.1. The number of hydrogen-bond acceptors (Lipinski definition) is 5. The third-order valence-electron chi connectivity index (χ3n) is 3.09. The molecule has 1 atom stereocenters. The highest BCUT2D eigenvalue weighted by Crippen LogP contribution is 2.33. The second kappa shape index (κ2) is 7.13. The topological polar surface area (TPSA) is 50.7 Å². The number of benzene rings is 1. The van der Waals surface area contributed by atoms with Crippen LogP contribution in [0.1, 0.15) is 25.5 Å². The highest BCUT2D eigenvalue weighted by molar-refractivity contribution is 9.10. The summed E-state index contributed by atoms with van der Waals surface area (Å²) in [5.41, 5.74) is 2.33. The average molecular weight is 369 g/mol. The van der Waals surface area contributed by atoms with Crippen molar-refractivity contribution >= 4 is 38.8 Å². The van der Waals surface area contributed by atoms with Crippen molar-refractivity contribution in [3.8, 4) is 0 Å². The van der Waals surface area contributed by atoms with Gasteiger partial charge in [-0.05, 0) is 37.8 Å². The predicted molar refractivity (Wildman–Crippen MR) is 90.3 cm³/mol. The van der Waals surface area contributed by atoms with Gasteiger partial charge >= 0.3 is 5.97 Å². The van der Waals surface area contributed by atoms with Crippen LogP contribution in [0.25, 0.3) is 0 Å². The standard InChI is InChI=1S/C15H17BrN2O2S/c1-4-20-14(19)12-9(2)17-15(21-3)18-13(12)10-5-7-11(16)8-6-10/h5-8,13H,4H2,1-3H3,(H,17,18)/t13-/m1/s1. The molecule has 0 saturated carbocycles. The minimum atomic E-state index is -0.333. The van der Waals surface area contributed by atoms with Crippen LogP contribution >= 0.6 is 27.7 Å². The number of carbonyl (C=O) groups is 1. The molecule has 0 aromatic heterocycles. The molecule has 0 radical (unpaired) electrons. The molecule has 1 aromatic carbocycles. The molecule has 0 aliphatic carbocycles. The summed E-state index contributed by atoms with van der Waals surface area (Å²) in [7, 11) is 0. The summed E-state index contributed by atoms with van der Waals surface area (Å²) in [5.74, 6) is -0.320. The smallest absolute Gasteiger partial charge is 0.338 e. The number of nitrogens with zero attached hydrogens (tertiary/aromatic N) is 1. The second-order valence-electron chi connectivity index (χ2n) is 4.48. The van der Waals surface area contributed by atoms with Crippen LogP contribution in [-0.2, 0) is 9.53 Å². The van der Waals surface area contributed by atoms with Crippen LogP contribution in [0.2, 0.25) is 0 Å². The van der Waals surface area contributed by atoms with Gasteiger partial charge in [-0.15, -0.1) is 0 Å². The van der Waals surface area contributed by atoms with Crippen molar-refractivity contribution in [1.82, 2.24) is 5.32 Å². The maximum atomic E-state index is 12.2. The molecule has 0 amide bonds. The molecule has 1 aliphatic heterocycles.